The van der Waals surface area contributed by atoms with Gasteiger partial charge in [0.1, 0.15) is 18.3 Å². The Hall–Kier alpha value is -4.25. The van der Waals surface area contributed by atoms with Crippen LogP contribution >= 0.6 is 0 Å². The predicted octanol–water partition coefficient (Wildman–Crippen LogP) is 5.33. The first-order chi connectivity index (χ1) is 21.5. The van der Waals surface area contributed by atoms with E-state index in [1.54, 1.807) is 24.3 Å². The number of nitrogens with one attached hydrogen (secondary N) is 1. The van der Waals surface area contributed by atoms with Gasteiger partial charge in [-0.05, 0) is 75.6 Å². The van der Waals surface area contributed by atoms with Crippen LogP contribution in [0, 0.1) is 6.92 Å². The van der Waals surface area contributed by atoms with E-state index in [9.17, 15) is 18.0 Å². The lowest BCUT2D eigenvalue weighted by Gasteiger charge is -2.34. The molecule has 0 aliphatic rings. The molecule has 45 heavy (non-hydrogen) atoms. The Morgan fingerprint density at radius 3 is 2.16 bits per heavy atom. The predicted molar refractivity (Wildman–Crippen MR) is 175 cm³/mol. The van der Waals surface area contributed by atoms with E-state index in [-0.39, 0.29) is 34.8 Å². The quantitative estimate of drug-likeness (QED) is 0.225. The molecule has 3 aromatic carbocycles. The molecule has 10 nitrogen and oxygen atoms in total. The smallest absolute Gasteiger partial charge is 0.264 e. The van der Waals surface area contributed by atoms with E-state index in [1.165, 1.54) is 37.3 Å². The van der Waals surface area contributed by atoms with Crippen molar-refractivity contribution >= 4 is 27.5 Å². The lowest BCUT2D eigenvalue weighted by molar-refractivity contribution is -0.140. The number of rotatable bonds is 16. The van der Waals surface area contributed by atoms with Gasteiger partial charge in [-0.25, -0.2) is 8.42 Å². The maximum atomic E-state index is 14.3. The average Bonchev–Trinajstić information content (AvgIpc) is 3.03. The summed E-state index contributed by atoms with van der Waals surface area (Å²) in [6.45, 7) is 9.52. The lowest BCUT2D eigenvalue weighted by atomic mass is 10.1. The highest BCUT2D eigenvalue weighted by atomic mass is 32.2. The molecule has 0 aromatic heterocycles. The molecule has 3 rings (SSSR count). The molecule has 244 valence electrons. The maximum Gasteiger partial charge on any atom is 0.264 e. The minimum absolute atomic E-state index is 0.0892. The van der Waals surface area contributed by atoms with Crippen molar-refractivity contribution in [3.63, 3.8) is 0 Å². The molecule has 0 fully saturated rings. The van der Waals surface area contributed by atoms with Gasteiger partial charge in [0.25, 0.3) is 10.0 Å². The third-order valence-electron chi connectivity index (χ3n) is 7.48. The minimum atomic E-state index is -4.31. The fourth-order valence-electron chi connectivity index (χ4n) is 4.88. The molecule has 1 N–H and O–H groups in total. The van der Waals surface area contributed by atoms with E-state index >= 15 is 0 Å². The van der Waals surface area contributed by atoms with Crippen molar-refractivity contribution in [3.05, 3.63) is 77.9 Å². The number of methoxy groups -OCH3 is 2. The van der Waals surface area contributed by atoms with Gasteiger partial charge < -0.3 is 24.4 Å². The Balaban J connectivity index is 2.11. The number of amides is 2. The van der Waals surface area contributed by atoms with Gasteiger partial charge >= 0.3 is 0 Å². The van der Waals surface area contributed by atoms with E-state index in [2.05, 4.69) is 5.32 Å². The van der Waals surface area contributed by atoms with Crippen molar-refractivity contribution in [2.24, 2.45) is 0 Å². The second-order valence-electron chi connectivity index (χ2n) is 10.7. The molecule has 0 aliphatic carbocycles. The molecular formula is C34H45N3O7S. The Morgan fingerprint density at radius 2 is 1.58 bits per heavy atom. The molecule has 0 aliphatic heterocycles. The van der Waals surface area contributed by atoms with Crippen molar-refractivity contribution in [2.45, 2.75) is 71.0 Å². The van der Waals surface area contributed by atoms with Crippen molar-refractivity contribution in [2.75, 3.05) is 31.7 Å². The number of carbonyl (C=O) groups is 2. The first-order valence-electron chi connectivity index (χ1n) is 15.1. The maximum absolute atomic E-state index is 14.3. The Kier molecular flexibility index (Phi) is 12.7. The normalized spacial score (nSPS) is 12.5. The van der Waals surface area contributed by atoms with Crippen LogP contribution in [0.15, 0.2) is 71.6 Å². The molecule has 0 heterocycles. The van der Waals surface area contributed by atoms with Crippen LogP contribution in [-0.2, 0) is 26.2 Å². The van der Waals surface area contributed by atoms with Gasteiger partial charge in [-0.2, -0.15) is 0 Å². The fourth-order valence-corrected chi connectivity index (χ4v) is 6.31. The van der Waals surface area contributed by atoms with Gasteiger partial charge in [0.15, 0.2) is 11.5 Å². The Bertz CT molecular complexity index is 1540. The lowest BCUT2D eigenvalue weighted by Crippen LogP contribution is -2.53. The number of aryl methyl sites for hydroxylation is 1. The third-order valence-corrected chi connectivity index (χ3v) is 9.25. The van der Waals surface area contributed by atoms with Crippen molar-refractivity contribution in [1.29, 1.82) is 0 Å². The summed E-state index contributed by atoms with van der Waals surface area (Å²) in [5, 5.41) is 2.99. The molecule has 0 radical (unpaired) electrons. The molecule has 0 saturated heterocycles. The summed E-state index contributed by atoms with van der Waals surface area (Å²) < 4.78 is 45.8. The fraction of sp³-hybridized carbons (Fsp3) is 0.412. The van der Waals surface area contributed by atoms with Crippen LogP contribution < -0.4 is 23.8 Å². The molecule has 0 spiro atoms. The van der Waals surface area contributed by atoms with Crippen LogP contribution in [0.3, 0.4) is 0 Å². The van der Waals surface area contributed by atoms with Crippen molar-refractivity contribution in [3.8, 4) is 17.2 Å². The highest BCUT2D eigenvalue weighted by Crippen LogP contribution is 2.33. The molecule has 2 amide bonds. The molecule has 0 bridgehead atoms. The topological polar surface area (TPSA) is 114 Å². The molecule has 3 aromatic rings. The van der Waals surface area contributed by atoms with Crippen LogP contribution in [0.4, 0.5) is 5.69 Å². The minimum Gasteiger partial charge on any atom is -0.494 e. The summed E-state index contributed by atoms with van der Waals surface area (Å²) in [5.74, 6) is 0.335. The molecular weight excluding hydrogens is 594 g/mol. The number of carbonyl (C=O) groups excluding carboxylic acids is 2. The summed E-state index contributed by atoms with van der Waals surface area (Å²) in [5.41, 5.74) is 2.09. The van der Waals surface area contributed by atoms with Crippen molar-refractivity contribution in [1.82, 2.24) is 10.2 Å². The standard InChI is InChI=1S/C34H45N3O7S/c1-8-25(5)35-34(39)30(9-2)36(22-26-13-11-12-24(4)20-26)33(38)23-37(27-14-16-28(17-15-27)44-10-3)45(40,41)29-18-19-31(42-6)32(21-29)43-7/h11-21,25,30H,8-10,22-23H2,1-7H3,(H,35,39)/t25-,30-/m0/s1. The largest absolute Gasteiger partial charge is 0.494 e. The van der Waals surface area contributed by atoms with Crippen LogP contribution in [0.2, 0.25) is 0 Å². The first-order valence-corrected chi connectivity index (χ1v) is 16.6. The number of sulfonamides is 1. The summed E-state index contributed by atoms with van der Waals surface area (Å²) >= 11 is 0. The summed E-state index contributed by atoms with van der Waals surface area (Å²) in [7, 11) is -1.43. The van der Waals surface area contributed by atoms with Crippen LogP contribution in [-0.4, -0.2) is 64.6 Å². The van der Waals surface area contributed by atoms with Crippen LogP contribution in [0.1, 0.15) is 51.7 Å². The van der Waals surface area contributed by atoms with Crippen LogP contribution in [0.5, 0.6) is 17.2 Å². The average molecular weight is 640 g/mol. The monoisotopic (exact) mass is 639 g/mol. The summed E-state index contributed by atoms with van der Waals surface area (Å²) in [6.07, 6.45) is 1.06. The second kappa shape index (κ2) is 16.2. The van der Waals surface area contributed by atoms with E-state index in [0.29, 0.717) is 24.5 Å². The molecule has 11 heteroatoms. The van der Waals surface area contributed by atoms with E-state index < -0.39 is 28.5 Å². The number of benzene rings is 3. The zero-order valence-electron chi connectivity index (χ0n) is 27.2. The zero-order chi connectivity index (χ0) is 33.1. The summed E-state index contributed by atoms with van der Waals surface area (Å²) in [4.78, 5) is 29.2. The number of hydrogen-bond donors (Lipinski definition) is 1. The van der Waals surface area contributed by atoms with Gasteiger partial charge in [0, 0.05) is 18.7 Å². The zero-order valence-corrected chi connectivity index (χ0v) is 28.0. The SMILES string of the molecule is CCOc1ccc(N(CC(=O)N(Cc2cccc(C)c2)[C@@H](CC)C(=O)N[C@@H](C)CC)S(=O)(=O)c2ccc(OC)c(OC)c2)cc1. The van der Waals surface area contributed by atoms with Gasteiger partial charge in [-0.1, -0.05) is 43.7 Å². The van der Waals surface area contributed by atoms with E-state index in [1.807, 2.05) is 58.9 Å². The molecule has 0 saturated carbocycles. The second-order valence-corrected chi connectivity index (χ2v) is 12.6. The number of anilines is 1. The number of nitrogens with zero attached hydrogens (tertiary/aromatic N) is 2. The summed E-state index contributed by atoms with van der Waals surface area (Å²) in [6, 6.07) is 17.5. The third kappa shape index (κ3) is 8.91. The van der Waals surface area contributed by atoms with Gasteiger partial charge in [0.05, 0.1) is 31.4 Å². The van der Waals surface area contributed by atoms with Gasteiger partial charge in [0.2, 0.25) is 11.8 Å². The van der Waals surface area contributed by atoms with Gasteiger partial charge in [-0.15, -0.1) is 0 Å². The first kappa shape index (κ1) is 35.2. The number of hydrogen-bond acceptors (Lipinski definition) is 7. The molecule has 0 unspecified atom stereocenters. The highest BCUT2D eigenvalue weighted by Gasteiger charge is 2.34. The highest BCUT2D eigenvalue weighted by molar-refractivity contribution is 7.92. The van der Waals surface area contributed by atoms with Gasteiger partial charge in [-0.3, -0.25) is 13.9 Å². The number of ether oxygens (including phenoxy) is 3. The molecule has 2 atom stereocenters. The Labute approximate surface area is 267 Å². The van der Waals surface area contributed by atoms with E-state index in [0.717, 1.165) is 21.9 Å². The van der Waals surface area contributed by atoms with Crippen molar-refractivity contribution < 1.29 is 32.2 Å². The van der Waals surface area contributed by atoms with E-state index in [4.69, 9.17) is 14.2 Å². The van der Waals surface area contributed by atoms with Crippen LogP contribution in [0.25, 0.3) is 0 Å². The Morgan fingerprint density at radius 1 is 0.889 bits per heavy atom.